The third-order valence-electron chi connectivity index (χ3n) is 5.54. The van der Waals surface area contributed by atoms with Crippen molar-refractivity contribution >= 4 is 21.6 Å². The summed E-state index contributed by atoms with van der Waals surface area (Å²) >= 11 is 0. The molecule has 0 radical (unpaired) electrons. The van der Waals surface area contributed by atoms with Gasteiger partial charge < -0.3 is 14.4 Å². The molecule has 3 heterocycles. The predicted octanol–water partition coefficient (Wildman–Crippen LogP) is 3.02. The third-order valence-corrected chi connectivity index (χ3v) is 6.67. The fraction of sp³-hybridized carbons (Fsp3) is 0.560. The van der Waals surface area contributed by atoms with Gasteiger partial charge in [-0.25, -0.2) is 13.4 Å². The van der Waals surface area contributed by atoms with Crippen molar-refractivity contribution in [3.63, 3.8) is 0 Å². The maximum atomic E-state index is 13.2. The molecule has 2 fully saturated rings. The Morgan fingerprint density at radius 3 is 2.20 bits per heavy atom. The number of rotatable bonds is 7. The van der Waals surface area contributed by atoms with Crippen LogP contribution >= 0.6 is 0 Å². The maximum absolute atomic E-state index is 13.2. The van der Waals surface area contributed by atoms with E-state index >= 15 is 0 Å². The summed E-state index contributed by atoms with van der Waals surface area (Å²) in [5.41, 5.74) is 0.931. The molecule has 1 aromatic heterocycles. The molecule has 0 atom stereocenters. The number of carbonyl (C=O) groups is 1. The molecule has 0 bridgehead atoms. The first-order valence-corrected chi connectivity index (χ1v) is 14.0. The lowest BCUT2D eigenvalue weighted by atomic mass is 9.78. The smallest absolute Gasteiger partial charge is 0.306 e. The minimum Gasteiger partial charge on any atom is -0.466 e. The lowest BCUT2D eigenvalue weighted by Gasteiger charge is -2.55. The van der Waals surface area contributed by atoms with E-state index in [0.717, 1.165) is 6.26 Å². The molecule has 2 aliphatic rings. The third kappa shape index (κ3) is 6.70. The van der Waals surface area contributed by atoms with E-state index in [0.29, 0.717) is 56.5 Å². The molecule has 194 valence electrons. The highest BCUT2D eigenvalue weighted by Gasteiger charge is 2.50. The van der Waals surface area contributed by atoms with Gasteiger partial charge in [0.25, 0.3) is 5.56 Å². The first-order valence-electron chi connectivity index (χ1n) is 12.1. The summed E-state index contributed by atoms with van der Waals surface area (Å²) in [6.45, 7) is 12.8. The number of hydrogen-bond donors (Lipinski definition) is 0. The molecule has 2 aliphatic heterocycles. The van der Waals surface area contributed by atoms with Crippen molar-refractivity contribution in [2.24, 2.45) is 5.41 Å². The molecular weight excluding hydrogens is 470 g/mol. The van der Waals surface area contributed by atoms with Crippen LogP contribution in [0.3, 0.4) is 0 Å². The number of aromatic nitrogens is 2. The molecule has 4 rings (SSSR count). The van der Waals surface area contributed by atoms with Crippen molar-refractivity contribution in [1.82, 2.24) is 9.55 Å². The van der Waals surface area contributed by atoms with Crippen LogP contribution in [-0.4, -0.2) is 63.1 Å². The first kappa shape index (κ1) is 28.5. The van der Waals surface area contributed by atoms with Crippen molar-refractivity contribution in [1.29, 1.82) is 0 Å². The minimum absolute atomic E-state index is 0.108. The second kappa shape index (κ2) is 12.3. The summed E-state index contributed by atoms with van der Waals surface area (Å²) in [6.07, 6.45) is 3.22. The van der Waals surface area contributed by atoms with Gasteiger partial charge in [-0.2, -0.15) is 0 Å². The first-order chi connectivity index (χ1) is 16.7. The van der Waals surface area contributed by atoms with Crippen molar-refractivity contribution in [3.05, 3.63) is 46.5 Å². The number of carbonyl (C=O) groups excluding carboxylic acids is 1. The SMILES string of the molecule is CC.CC.CCOC(=O)CCc1cn(-c2ccc(S(C)(=O)=O)cc2)c(=O)c(N2CC3(COC3)C2)n1. The Morgan fingerprint density at radius 1 is 1.11 bits per heavy atom. The van der Waals surface area contributed by atoms with E-state index in [-0.39, 0.29) is 28.3 Å². The number of anilines is 1. The molecule has 9 nitrogen and oxygen atoms in total. The van der Waals surface area contributed by atoms with Crippen LogP contribution in [0.4, 0.5) is 5.82 Å². The fourth-order valence-electron chi connectivity index (χ4n) is 3.85. The number of nitrogens with zero attached hydrogens (tertiary/aromatic N) is 3. The van der Waals surface area contributed by atoms with Gasteiger partial charge in [0.05, 0.1) is 42.2 Å². The lowest BCUT2D eigenvalue weighted by molar-refractivity contribution is -0.143. The van der Waals surface area contributed by atoms with E-state index in [9.17, 15) is 18.0 Å². The van der Waals surface area contributed by atoms with Crippen molar-refractivity contribution in [2.75, 3.05) is 44.1 Å². The van der Waals surface area contributed by atoms with Crippen LogP contribution in [0.25, 0.3) is 5.69 Å². The largest absolute Gasteiger partial charge is 0.466 e. The Bertz CT molecular complexity index is 1150. The summed E-state index contributed by atoms with van der Waals surface area (Å²) in [6, 6.07) is 6.13. The molecular formula is C25H37N3O6S. The van der Waals surface area contributed by atoms with Crippen molar-refractivity contribution in [3.8, 4) is 5.69 Å². The van der Waals surface area contributed by atoms with E-state index < -0.39 is 9.84 Å². The number of sulfone groups is 1. The van der Waals surface area contributed by atoms with Gasteiger partial charge >= 0.3 is 5.97 Å². The zero-order valence-corrected chi connectivity index (χ0v) is 22.4. The normalized spacial score (nSPS) is 15.5. The Kier molecular flexibility index (Phi) is 10.0. The molecule has 35 heavy (non-hydrogen) atoms. The second-order valence-corrected chi connectivity index (χ2v) is 10.2. The van der Waals surface area contributed by atoms with Gasteiger partial charge in [-0.3, -0.25) is 14.2 Å². The van der Waals surface area contributed by atoms with E-state index in [1.54, 1.807) is 25.3 Å². The summed E-state index contributed by atoms with van der Waals surface area (Å²) in [7, 11) is -3.34. The van der Waals surface area contributed by atoms with E-state index in [1.807, 2.05) is 32.6 Å². The highest BCUT2D eigenvalue weighted by atomic mass is 32.2. The molecule has 0 unspecified atom stereocenters. The molecule has 0 amide bonds. The average molecular weight is 508 g/mol. The quantitative estimate of drug-likeness (QED) is 0.527. The maximum Gasteiger partial charge on any atom is 0.306 e. The topological polar surface area (TPSA) is 108 Å². The summed E-state index contributed by atoms with van der Waals surface area (Å²) in [5.74, 6) is 0.00157. The van der Waals surface area contributed by atoms with Gasteiger partial charge in [0.1, 0.15) is 0 Å². The molecule has 2 saturated heterocycles. The lowest BCUT2D eigenvalue weighted by Crippen LogP contribution is -2.67. The predicted molar refractivity (Wildman–Crippen MR) is 136 cm³/mol. The number of aryl methyl sites for hydroxylation is 1. The Hall–Kier alpha value is -2.72. The van der Waals surface area contributed by atoms with Gasteiger partial charge in [0.15, 0.2) is 15.7 Å². The Balaban J connectivity index is 0.00000103. The van der Waals surface area contributed by atoms with E-state index in [1.165, 1.54) is 16.7 Å². The number of benzene rings is 1. The zero-order valence-electron chi connectivity index (χ0n) is 21.5. The fourth-order valence-corrected chi connectivity index (χ4v) is 4.48. The second-order valence-electron chi connectivity index (χ2n) is 8.15. The summed E-state index contributed by atoms with van der Waals surface area (Å²) in [5, 5.41) is 0. The monoisotopic (exact) mass is 507 g/mol. The molecule has 2 aromatic rings. The van der Waals surface area contributed by atoms with Crippen LogP contribution in [0.5, 0.6) is 0 Å². The van der Waals surface area contributed by atoms with Gasteiger partial charge in [0.2, 0.25) is 0 Å². The average Bonchev–Trinajstić information content (AvgIpc) is 2.80. The highest BCUT2D eigenvalue weighted by molar-refractivity contribution is 7.90. The number of hydrogen-bond acceptors (Lipinski definition) is 8. The van der Waals surface area contributed by atoms with Crippen LogP contribution in [0.2, 0.25) is 0 Å². The van der Waals surface area contributed by atoms with E-state index in [4.69, 9.17) is 9.47 Å². The molecule has 0 N–H and O–H groups in total. The van der Waals surface area contributed by atoms with Crippen LogP contribution in [0, 0.1) is 5.41 Å². The molecule has 10 heteroatoms. The van der Waals surface area contributed by atoms with Crippen LogP contribution in [0.15, 0.2) is 40.2 Å². The van der Waals surface area contributed by atoms with Gasteiger partial charge in [-0.1, -0.05) is 27.7 Å². The van der Waals surface area contributed by atoms with E-state index in [2.05, 4.69) is 4.98 Å². The molecule has 1 aromatic carbocycles. The van der Waals surface area contributed by atoms with Crippen LogP contribution < -0.4 is 10.5 Å². The Labute approximate surface area is 208 Å². The van der Waals surface area contributed by atoms with Crippen molar-refractivity contribution < 1.29 is 22.7 Å². The standard InChI is InChI=1S/C21H25N3O6S.2C2H6/c1-3-30-18(25)9-4-15-10-24(16-5-7-17(8-6-16)31(2,27)28)20(26)19(22-15)23-11-21(12-23)13-29-14-21;2*1-2/h5-8,10H,3-4,9,11-14H2,1-2H3;2*1-2H3. The molecule has 0 saturated carbocycles. The minimum atomic E-state index is -3.34. The van der Waals surface area contributed by atoms with Gasteiger partial charge in [-0.15, -0.1) is 0 Å². The number of esters is 1. The summed E-state index contributed by atoms with van der Waals surface area (Å²) in [4.78, 5) is 31.6. The highest BCUT2D eigenvalue weighted by Crippen LogP contribution is 2.38. The Morgan fingerprint density at radius 2 is 1.71 bits per heavy atom. The summed E-state index contributed by atoms with van der Waals surface area (Å²) < 4.78 is 35.3. The van der Waals surface area contributed by atoms with Gasteiger partial charge in [-0.05, 0) is 31.2 Å². The number of ether oxygens (including phenoxy) is 2. The van der Waals surface area contributed by atoms with Crippen LogP contribution in [0.1, 0.15) is 46.7 Å². The molecule has 0 aliphatic carbocycles. The van der Waals surface area contributed by atoms with Crippen LogP contribution in [-0.2, 0) is 30.5 Å². The molecule has 1 spiro atoms. The van der Waals surface area contributed by atoms with Crippen molar-refractivity contribution in [2.45, 2.75) is 52.4 Å². The zero-order chi connectivity index (χ0) is 26.2. The van der Waals surface area contributed by atoms with Gasteiger partial charge in [0, 0.05) is 37.7 Å².